The van der Waals surface area contributed by atoms with Gasteiger partial charge in [0, 0.05) is 32.1 Å². The number of carbonyl (C=O) groups excluding carboxylic acids is 3. The zero-order chi connectivity index (χ0) is 20.9. The van der Waals surface area contributed by atoms with Crippen molar-refractivity contribution in [3.63, 3.8) is 0 Å². The summed E-state index contributed by atoms with van der Waals surface area (Å²) >= 11 is 0. The lowest BCUT2D eigenvalue weighted by Crippen LogP contribution is -2.40. The van der Waals surface area contributed by atoms with Crippen molar-refractivity contribution in [1.29, 1.82) is 0 Å². The van der Waals surface area contributed by atoms with Crippen molar-refractivity contribution < 1.29 is 32.3 Å². The molecular weight excluding hydrogens is 400 g/mol. The Labute approximate surface area is 168 Å². The summed E-state index contributed by atoms with van der Waals surface area (Å²) in [7, 11) is -3.57. The molecule has 156 valence electrons. The fourth-order valence-electron chi connectivity index (χ4n) is 3.02. The predicted molar refractivity (Wildman–Crippen MR) is 102 cm³/mol. The van der Waals surface area contributed by atoms with Gasteiger partial charge in [-0.2, -0.15) is 4.31 Å². The fraction of sp³-hybridized carbons (Fsp3) is 0.421. The third kappa shape index (κ3) is 5.28. The highest BCUT2D eigenvalue weighted by Gasteiger charge is 2.27. The number of benzene rings is 1. The van der Waals surface area contributed by atoms with E-state index in [-0.39, 0.29) is 10.8 Å². The third-order valence-corrected chi connectivity index (χ3v) is 6.53. The lowest BCUT2D eigenvalue weighted by atomic mass is 10.2. The fourth-order valence-corrected chi connectivity index (χ4v) is 4.43. The number of amides is 2. The standard InChI is InChI=1S/C19H22N2O7S/c22-17-2-1-9-21(17)18(23)14-28-19(24)8-5-15-3-6-16(7-4-15)29(25,26)20-10-12-27-13-11-20/h3-8H,1-2,9-14H2. The highest BCUT2D eigenvalue weighted by Crippen LogP contribution is 2.18. The smallest absolute Gasteiger partial charge is 0.331 e. The van der Waals surface area contributed by atoms with E-state index in [4.69, 9.17) is 9.47 Å². The molecule has 2 aliphatic heterocycles. The van der Waals surface area contributed by atoms with Crippen LogP contribution in [-0.4, -0.2) is 74.9 Å². The van der Waals surface area contributed by atoms with Crippen LogP contribution in [-0.2, 0) is 33.9 Å². The van der Waals surface area contributed by atoms with E-state index in [1.807, 2.05) is 0 Å². The Morgan fingerprint density at radius 1 is 1.10 bits per heavy atom. The molecule has 0 aromatic heterocycles. The lowest BCUT2D eigenvalue weighted by Gasteiger charge is -2.26. The van der Waals surface area contributed by atoms with E-state index in [2.05, 4.69) is 0 Å². The summed E-state index contributed by atoms with van der Waals surface area (Å²) in [6.07, 6.45) is 3.55. The van der Waals surface area contributed by atoms with Crippen LogP contribution in [0.5, 0.6) is 0 Å². The van der Waals surface area contributed by atoms with E-state index in [9.17, 15) is 22.8 Å². The van der Waals surface area contributed by atoms with Gasteiger partial charge in [-0.3, -0.25) is 14.5 Å². The van der Waals surface area contributed by atoms with E-state index in [1.165, 1.54) is 22.5 Å². The number of morpholine rings is 1. The Kier molecular flexibility index (Phi) is 6.78. The van der Waals surface area contributed by atoms with Crippen molar-refractivity contribution in [3.8, 4) is 0 Å². The molecule has 2 aliphatic rings. The van der Waals surface area contributed by atoms with Crippen LogP contribution in [0.3, 0.4) is 0 Å². The average molecular weight is 422 g/mol. The number of likely N-dealkylation sites (tertiary alicyclic amines) is 1. The minimum Gasteiger partial charge on any atom is -0.452 e. The topological polar surface area (TPSA) is 110 Å². The number of hydrogen-bond acceptors (Lipinski definition) is 7. The maximum absolute atomic E-state index is 12.6. The van der Waals surface area contributed by atoms with Crippen molar-refractivity contribution in [1.82, 2.24) is 9.21 Å². The molecule has 0 aliphatic carbocycles. The quantitative estimate of drug-likeness (QED) is 0.482. The summed E-state index contributed by atoms with van der Waals surface area (Å²) in [6, 6.07) is 6.09. The molecule has 1 aromatic rings. The van der Waals surface area contributed by atoms with Crippen LogP contribution in [0.4, 0.5) is 0 Å². The molecule has 0 spiro atoms. The van der Waals surface area contributed by atoms with Gasteiger partial charge in [0.05, 0.1) is 18.1 Å². The maximum atomic E-state index is 12.6. The van der Waals surface area contributed by atoms with Crippen molar-refractivity contribution >= 4 is 33.9 Å². The third-order valence-electron chi connectivity index (χ3n) is 4.61. The van der Waals surface area contributed by atoms with Gasteiger partial charge in [-0.15, -0.1) is 0 Å². The Morgan fingerprint density at radius 3 is 2.41 bits per heavy atom. The second kappa shape index (κ2) is 9.29. The number of imide groups is 1. The first-order valence-corrected chi connectivity index (χ1v) is 10.7. The molecule has 0 unspecified atom stereocenters. The summed E-state index contributed by atoms with van der Waals surface area (Å²) < 4.78 is 36.5. The summed E-state index contributed by atoms with van der Waals surface area (Å²) in [5.74, 6) is -1.52. The highest BCUT2D eigenvalue weighted by molar-refractivity contribution is 7.89. The van der Waals surface area contributed by atoms with Gasteiger partial charge in [-0.25, -0.2) is 13.2 Å². The van der Waals surface area contributed by atoms with E-state index < -0.39 is 28.5 Å². The molecule has 2 saturated heterocycles. The minimum atomic E-state index is -3.57. The number of nitrogens with zero attached hydrogens (tertiary/aromatic N) is 2. The lowest BCUT2D eigenvalue weighted by molar-refractivity contribution is -0.151. The normalized spacial score (nSPS) is 18.3. The summed E-state index contributed by atoms with van der Waals surface area (Å²) in [4.78, 5) is 36.3. The minimum absolute atomic E-state index is 0.167. The van der Waals surface area contributed by atoms with Crippen LogP contribution >= 0.6 is 0 Å². The Morgan fingerprint density at radius 2 is 1.79 bits per heavy atom. The Balaban J connectivity index is 1.53. The van der Waals surface area contributed by atoms with Crippen LogP contribution in [0, 0.1) is 0 Å². The summed E-state index contributed by atoms with van der Waals surface area (Å²) in [6.45, 7) is 1.23. The van der Waals surface area contributed by atoms with Crippen LogP contribution in [0.15, 0.2) is 35.2 Å². The maximum Gasteiger partial charge on any atom is 0.331 e. The molecule has 3 rings (SSSR count). The molecule has 0 saturated carbocycles. The number of esters is 1. The molecule has 9 nitrogen and oxygen atoms in total. The Bertz CT molecular complexity index is 903. The van der Waals surface area contributed by atoms with Gasteiger partial charge in [0.2, 0.25) is 15.9 Å². The number of rotatable bonds is 6. The highest BCUT2D eigenvalue weighted by atomic mass is 32.2. The van der Waals surface area contributed by atoms with Gasteiger partial charge in [0.15, 0.2) is 6.61 Å². The van der Waals surface area contributed by atoms with Crippen LogP contribution < -0.4 is 0 Å². The molecule has 0 atom stereocenters. The van der Waals surface area contributed by atoms with E-state index >= 15 is 0 Å². The summed E-state index contributed by atoms with van der Waals surface area (Å²) in [5, 5.41) is 0. The zero-order valence-electron chi connectivity index (χ0n) is 15.8. The molecule has 1 aromatic carbocycles. The Hall–Kier alpha value is -2.56. The van der Waals surface area contributed by atoms with Gasteiger partial charge >= 0.3 is 5.97 Å². The molecule has 2 fully saturated rings. The molecule has 2 heterocycles. The van der Waals surface area contributed by atoms with Crippen molar-refractivity contribution in [3.05, 3.63) is 35.9 Å². The van der Waals surface area contributed by atoms with Crippen LogP contribution in [0.25, 0.3) is 6.08 Å². The summed E-state index contributed by atoms with van der Waals surface area (Å²) in [5.41, 5.74) is 0.601. The molecule has 10 heteroatoms. The molecule has 2 amide bonds. The van der Waals surface area contributed by atoms with E-state index in [0.29, 0.717) is 51.3 Å². The first-order chi connectivity index (χ1) is 13.9. The van der Waals surface area contributed by atoms with Gasteiger partial charge in [0.25, 0.3) is 5.91 Å². The number of carbonyl (C=O) groups is 3. The van der Waals surface area contributed by atoms with Gasteiger partial charge in [-0.1, -0.05) is 12.1 Å². The van der Waals surface area contributed by atoms with Crippen molar-refractivity contribution in [2.45, 2.75) is 17.7 Å². The van der Waals surface area contributed by atoms with Gasteiger partial charge < -0.3 is 9.47 Å². The zero-order valence-corrected chi connectivity index (χ0v) is 16.6. The van der Waals surface area contributed by atoms with Gasteiger partial charge in [0.1, 0.15) is 0 Å². The van der Waals surface area contributed by atoms with E-state index in [1.54, 1.807) is 12.1 Å². The predicted octanol–water partition coefficient (Wildman–Crippen LogP) is 0.413. The number of hydrogen-bond donors (Lipinski definition) is 0. The first-order valence-electron chi connectivity index (χ1n) is 9.24. The van der Waals surface area contributed by atoms with Crippen molar-refractivity contribution in [2.75, 3.05) is 39.5 Å². The SMILES string of the molecule is O=C(C=Cc1ccc(S(=O)(=O)N2CCOCC2)cc1)OCC(=O)N1CCCC1=O. The second-order valence-electron chi connectivity index (χ2n) is 6.57. The molecule has 0 radical (unpaired) electrons. The first kappa shape index (κ1) is 21.2. The molecular formula is C19H22N2O7S. The monoisotopic (exact) mass is 422 g/mol. The molecule has 29 heavy (non-hydrogen) atoms. The largest absolute Gasteiger partial charge is 0.452 e. The van der Waals surface area contributed by atoms with Crippen molar-refractivity contribution in [2.24, 2.45) is 0 Å². The number of sulfonamides is 1. The van der Waals surface area contributed by atoms with Gasteiger partial charge in [-0.05, 0) is 30.2 Å². The van der Waals surface area contributed by atoms with E-state index in [0.717, 1.165) is 11.0 Å². The second-order valence-corrected chi connectivity index (χ2v) is 8.51. The number of ether oxygens (including phenoxy) is 2. The van der Waals surface area contributed by atoms with Crippen LogP contribution in [0.2, 0.25) is 0 Å². The average Bonchev–Trinajstić information content (AvgIpc) is 3.17. The molecule has 0 N–H and O–H groups in total. The van der Waals surface area contributed by atoms with Crippen LogP contribution in [0.1, 0.15) is 18.4 Å². The molecule has 0 bridgehead atoms.